The van der Waals surface area contributed by atoms with E-state index >= 15 is 0 Å². The largest absolute Gasteiger partial charge is 0.326 e. The van der Waals surface area contributed by atoms with Gasteiger partial charge < -0.3 is 5.32 Å². The van der Waals surface area contributed by atoms with Crippen LogP contribution in [0, 0.1) is 19.8 Å². The highest BCUT2D eigenvalue weighted by atomic mass is 32.1. The molecule has 0 spiro atoms. The Morgan fingerprint density at radius 2 is 2.00 bits per heavy atom. The van der Waals surface area contributed by atoms with Gasteiger partial charge in [0.25, 0.3) is 0 Å². The molecule has 1 fully saturated rings. The Morgan fingerprint density at radius 3 is 2.76 bits per heavy atom. The highest BCUT2D eigenvalue weighted by molar-refractivity contribution is 7.07. The van der Waals surface area contributed by atoms with E-state index in [1.165, 1.54) is 16.7 Å². The van der Waals surface area contributed by atoms with Crippen LogP contribution in [-0.4, -0.2) is 28.9 Å². The summed E-state index contributed by atoms with van der Waals surface area (Å²) in [6.07, 6.45) is 1.81. The number of hydrogen-bond donors (Lipinski definition) is 1. The van der Waals surface area contributed by atoms with Crippen molar-refractivity contribution in [3.63, 3.8) is 0 Å². The van der Waals surface area contributed by atoms with Crippen molar-refractivity contribution >= 4 is 22.9 Å². The SMILES string of the molecule is Cc1ccc(C)c(CN2CCC(C(=O)Nc3cccc(-c4cscn4)c3)CC2)c1. The second kappa shape index (κ2) is 8.89. The zero-order valence-corrected chi connectivity index (χ0v) is 17.8. The van der Waals surface area contributed by atoms with E-state index in [4.69, 9.17) is 0 Å². The third-order valence-corrected chi connectivity index (χ3v) is 6.30. The molecule has 1 aliphatic heterocycles. The minimum absolute atomic E-state index is 0.0767. The number of anilines is 1. The number of carbonyl (C=O) groups excluding carboxylic acids is 1. The number of rotatable bonds is 5. The van der Waals surface area contributed by atoms with Gasteiger partial charge in [0.05, 0.1) is 11.2 Å². The molecular formula is C24H27N3OS. The van der Waals surface area contributed by atoms with Gasteiger partial charge in [0.15, 0.2) is 0 Å². The Labute approximate surface area is 176 Å². The molecule has 1 saturated heterocycles. The molecule has 0 bridgehead atoms. The lowest BCUT2D eigenvalue weighted by atomic mass is 9.95. The smallest absolute Gasteiger partial charge is 0.227 e. The Balaban J connectivity index is 1.32. The number of thiazole rings is 1. The van der Waals surface area contributed by atoms with E-state index in [2.05, 4.69) is 47.2 Å². The fraction of sp³-hybridized carbons (Fsp3) is 0.333. The monoisotopic (exact) mass is 405 g/mol. The second-order valence-corrected chi connectivity index (χ2v) is 8.64. The number of nitrogens with zero attached hydrogens (tertiary/aromatic N) is 2. The van der Waals surface area contributed by atoms with Gasteiger partial charge in [0.1, 0.15) is 0 Å². The molecule has 0 saturated carbocycles. The van der Waals surface area contributed by atoms with Gasteiger partial charge in [-0.2, -0.15) is 0 Å². The van der Waals surface area contributed by atoms with Crippen LogP contribution >= 0.6 is 11.3 Å². The number of benzene rings is 2. The first-order valence-electron chi connectivity index (χ1n) is 10.2. The number of likely N-dealkylation sites (tertiary alicyclic amines) is 1. The van der Waals surface area contributed by atoms with Gasteiger partial charge in [-0.1, -0.05) is 35.9 Å². The number of carbonyl (C=O) groups is 1. The Kier molecular flexibility index (Phi) is 6.07. The molecule has 1 amide bonds. The minimum atomic E-state index is 0.0767. The number of nitrogens with one attached hydrogen (secondary N) is 1. The standard InChI is InChI=1S/C24H27N3OS/c1-17-6-7-18(2)21(12-17)14-27-10-8-19(9-11-27)24(28)26-22-5-3-4-20(13-22)23-15-29-16-25-23/h3-7,12-13,15-16,19H,8-11,14H2,1-2H3,(H,26,28). The molecule has 5 heteroatoms. The van der Waals surface area contributed by atoms with Gasteiger partial charge in [-0.05, 0) is 63.0 Å². The number of piperidine rings is 1. The van der Waals surface area contributed by atoms with Crippen LogP contribution in [0.25, 0.3) is 11.3 Å². The molecule has 29 heavy (non-hydrogen) atoms. The number of hydrogen-bond acceptors (Lipinski definition) is 4. The topological polar surface area (TPSA) is 45.2 Å². The molecule has 0 unspecified atom stereocenters. The maximum absolute atomic E-state index is 12.8. The van der Waals surface area contributed by atoms with Crippen molar-refractivity contribution < 1.29 is 4.79 Å². The van der Waals surface area contributed by atoms with Crippen molar-refractivity contribution in [1.29, 1.82) is 0 Å². The molecule has 4 nitrogen and oxygen atoms in total. The summed E-state index contributed by atoms with van der Waals surface area (Å²) in [5.41, 5.74) is 8.70. The lowest BCUT2D eigenvalue weighted by Gasteiger charge is -2.31. The summed E-state index contributed by atoms with van der Waals surface area (Å²) >= 11 is 1.58. The van der Waals surface area contributed by atoms with Crippen molar-refractivity contribution in [1.82, 2.24) is 9.88 Å². The van der Waals surface area contributed by atoms with E-state index in [0.29, 0.717) is 0 Å². The van der Waals surface area contributed by atoms with Crippen LogP contribution in [-0.2, 0) is 11.3 Å². The highest BCUT2D eigenvalue weighted by Crippen LogP contribution is 2.25. The zero-order chi connectivity index (χ0) is 20.2. The Hall–Kier alpha value is -2.50. The van der Waals surface area contributed by atoms with Crippen LogP contribution in [0.4, 0.5) is 5.69 Å². The normalized spacial score (nSPS) is 15.4. The first kappa shape index (κ1) is 19.8. The Bertz CT molecular complexity index is 976. The highest BCUT2D eigenvalue weighted by Gasteiger charge is 2.25. The summed E-state index contributed by atoms with van der Waals surface area (Å²) in [7, 11) is 0. The van der Waals surface area contributed by atoms with Crippen LogP contribution in [0.1, 0.15) is 29.5 Å². The first-order valence-corrected chi connectivity index (χ1v) is 11.1. The third-order valence-electron chi connectivity index (χ3n) is 5.72. The maximum Gasteiger partial charge on any atom is 0.227 e. The van der Waals surface area contributed by atoms with Crippen molar-refractivity contribution in [3.8, 4) is 11.3 Å². The number of amides is 1. The predicted octanol–water partition coefficient (Wildman–Crippen LogP) is 5.28. The predicted molar refractivity (Wildman–Crippen MR) is 120 cm³/mol. The van der Waals surface area contributed by atoms with Crippen molar-refractivity contribution in [3.05, 3.63) is 70.0 Å². The van der Waals surface area contributed by atoms with E-state index in [9.17, 15) is 4.79 Å². The minimum Gasteiger partial charge on any atom is -0.326 e. The van der Waals surface area contributed by atoms with E-state index in [1.807, 2.05) is 35.2 Å². The third kappa shape index (κ3) is 4.92. The summed E-state index contributed by atoms with van der Waals surface area (Å²) in [4.78, 5) is 19.6. The van der Waals surface area contributed by atoms with Crippen molar-refractivity contribution in [2.24, 2.45) is 5.92 Å². The Morgan fingerprint density at radius 1 is 1.17 bits per heavy atom. The average Bonchev–Trinajstić information content (AvgIpc) is 3.26. The van der Waals surface area contributed by atoms with Gasteiger partial charge in [-0.25, -0.2) is 4.98 Å². The zero-order valence-electron chi connectivity index (χ0n) is 17.0. The summed E-state index contributed by atoms with van der Waals surface area (Å²) in [5.74, 6) is 0.208. The molecule has 3 aromatic rings. The van der Waals surface area contributed by atoms with Crippen LogP contribution in [0.5, 0.6) is 0 Å². The summed E-state index contributed by atoms with van der Waals surface area (Å²) in [6, 6.07) is 14.6. The quantitative estimate of drug-likeness (QED) is 0.628. The fourth-order valence-corrected chi connectivity index (χ4v) is 4.48. The average molecular weight is 406 g/mol. The molecule has 1 aliphatic rings. The molecule has 4 rings (SSSR count). The van der Waals surface area contributed by atoms with Gasteiger partial charge in [0, 0.05) is 29.1 Å². The van der Waals surface area contributed by atoms with Gasteiger partial charge in [-0.3, -0.25) is 9.69 Å². The van der Waals surface area contributed by atoms with Crippen molar-refractivity contribution in [2.45, 2.75) is 33.2 Å². The van der Waals surface area contributed by atoms with Crippen LogP contribution < -0.4 is 5.32 Å². The summed E-state index contributed by atoms with van der Waals surface area (Å²) < 4.78 is 0. The lowest BCUT2D eigenvalue weighted by molar-refractivity contribution is -0.121. The molecule has 1 aromatic heterocycles. The molecule has 2 heterocycles. The lowest BCUT2D eigenvalue weighted by Crippen LogP contribution is -2.37. The van der Waals surface area contributed by atoms with E-state index < -0.39 is 0 Å². The van der Waals surface area contributed by atoms with Crippen LogP contribution in [0.3, 0.4) is 0 Å². The van der Waals surface area contributed by atoms with Gasteiger partial charge >= 0.3 is 0 Å². The van der Waals surface area contributed by atoms with Crippen LogP contribution in [0.2, 0.25) is 0 Å². The van der Waals surface area contributed by atoms with Crippen molar-refractivity contribution in [2.75, 3.05) is 18.4 Å². The number of aromatic nitrogens is 1. The molecular weight excluding hydrogens is 378 g/mol. The first-order chi connectivity index (χ1) is 14.1. The summed E-state index contributed by atoms with van der Waals surface area (Å²) in [5, 5.41) is 5.13. The van der Waals surface area contributed by atoms with E-state index in [-0.39, 0.29) is 11.8 Å². The van der Waals surface area contributed by atoms with E-state index in [0.717, 1.165) is 49.4 Å². The molecule has 2 aromatic carbocycles. The molecule has 1 N–H and O–H groups in total. The molecule has 0 aliphatic carbocycles. The summed E-state index contributed by atoms with van der Waals surface area (Å²) in [6.45, 7) is 7.21. The maximum atomic E-state index is 12.8. The van der Waals surface area contributed by atoms with E-state index in [1.54, 1.807) is 11.3 Å². The molecule has 150 valence electrons. The van der Waals surface area contributed by atoms with Gasteiger partial charge in [0.2, 0.25) is 5.91 Å². The fourth-order valence-electron chi connectivity index (χ4n) is 3.92. The van der Waals surface area contributed by atoms with Crippen LogP contribution in [0.15, 0.2) is 53.4 Å². The molecule has 0 radical (unpaired) electrons. The number of aryl methyl sites for hydroxylation is 2. The molecule has 0 atom stereocenters. The van der Waals surface area contributed by atoms with Gasteiger partial charge in [-0.15, -0.1) is 11.3 Å². The second-order valence-electron chi connectivity index (χ2n) is 7.92.